The van der Waals surface area contributed by atoms with Gasteiger partial charge >= 0.3 is 0 Å². The number of likely N-dealkylation sites (tertiary alicyclic amines) is 1. The molecule has 18 heavy (non-hydrogen) atoms. The van der Waals surface area contributed by atoms with Crippen molar-refractivity contribution in [3.8, 4) is 0 Å². The van der Waals surface area contributed by atoms with Gasteiger partial charge in [-0.1, -0.05) is 12.8 Å². The van der Waals surface area contributed by atoms with Crippen LogP contribution in [0, 0.1) is 0 Å². The van der Waals surface area contributed by atoms with E-state index in [9.17, 15) is 8.42 Å². The van der Waals surface area contributed by atoms with Crippen molar-refractivity contribution in [1.29, 1.82) is 0 Å². The van der Waals surface area contributed by atoms with Crippen molar-refractivity contribution in [3.05, 3.63) is 0 Å². The Bertz CT molecular complexity index is 346. The highest BCUT2D eigenvalue weighted by Gasteiger charge is 2.23. The third kappa shape index (κ3) is 4.19. The summed E-state index contributed by atoms with van der Waals surface area (Å²) in [7, 11) is -3.32. The Hall–Kier alpha value is -0.170. The van der Waals surface area contributed by atoms with Crippen LogP contribution in [0.15, 0.2) is 0 Å². The lowest BCUT2D eigenvalue weighted by Crippen LogP contribution is -2.46. The average molecular weight is 275 g/mol. The number of nitrogens with zero attached hydrogens (tertiary/aromatic N) is 1. The Kier molecular flexibility index (Phi) is 5.00. The third-order valence-electron chi connectivity index (χ3n) is 4.01. The van der Waals surface area contributed by atoms with Gasteiger partial charge in [-0.3, -0.25) is 4.90 Å². The summed E-state index contributed by atoms with van der Waals surface area (Å²) >= 11 is 0. The molecule has 2 N–H and O–H groups in total. The molecule has 0 aromatic carbocycles. The van der Waals surface area contributed by atoms with Gasteiger partial charge in [-0.25, -0.2) is 4.72 Å². The van der Waals surface area contributed by atoms with Gasteiger partial charge in [0.25, 0.3) is 10.2 Å². The Morgan fingerprint density at radius 2 is 1.78 bits per heavy atom. The van der Waals surface area contributed by atoms with E-state index in [1.165, 1.54) is 12.8 Å². The first kappa shape index (κ1) is 14.2. The highest BCUT2D eigenvalue weighted by molar-refractivity contribution is 7.87. The van der Waals surface area contributed by atoms with Gasteiger partial charge in [-0.2, -0.15) is 13.1 Å². The van der Waals surface area contributed by atoms with Crippen LogP contribution in [0.5, 0.6) is 0 Å². The lowest BCUT2D eigenvalue weighted by Gasteiger charge is -2.24. The second kappa shape index (κ2) is 6.32. The Labute approximate surface area is 110 Å². The molecule has 0 aromatic heterocycles. The molecule has 6 heteroatoms. The van der Waals surface area contributed by atoms with Crippen molar-refractivity contribution in [2.24, 2.45) is 0 Å². The first-order valence-electron chi connectivity index (χ1n) is 7.08. The fourth-order valence-electron chi connectivity index (χ4n) is 2.85. The van der Waals surface area contributed by atoms with Gasteiger partial charge in [0.2, 0.25) is 0 Å². The molecule has 1 atom stereocenters. The van der Waals surface area contributed by atoms with Crippen molar-refractivity contribution >= 4 is 10.2 Å². The zero-order valence-electron chi connectivity index (χ0n) is 11.2. The standard InChI is InChI=1S/C12H25N3O2S/c1-11(15-8-4-5-9-15)10-13-18(16,17)14-12-6-2-3-7-12/h11-14H,2-10H2,1H3. The van der Waals surface area contributed by atoms with E-state index in [4.69, 9.17) is 0 Å². The van der Waals surface area contributed by atoms with Crippen LogP contribution in [0.1, 0.15) is 45.4 Å². The van der Waals surface area contributed by atoms with Crippen LogP contribution in [0.3, 0.4) is 0 Å². The summed E-state index contributed by atoms with van der Waals surface area (Å²) in [6.07, 6.45) is 6.69. The van der Waals surface area contributed by atoms with Gasteiger partial charge in [-0.15, -0.1) is 0 Å². The van der Waals surface area contributed by atoms with Gasteiger partial charge in [0.15, 0.2) is 0 Å². The summed E-state index contributed by atoms with van der Waals surface area (Å²) in [5.74, 6) is 0. The summed E-state index contributed by atoms with van der Waals surface area (Å²) in [5, 5.41) is 0. The maximum atomic E-state index is 11.9. The highest BCUT2D eigenvalue weighted by atomic mass is 32.2. The van der Waals surface area contributed by atoms with Gasteiger partial charge in [0.1, 0.15) is 0 Å². The fraction of sp³-hybridized carbons (Fsp3) is 1.00. The summed E-state index contributed by atoms with van der Waals surface area (Å²) in [5.41, 5.74) is 0. The molecule has 0 radical (unpaired) electrons. The molecule has 0 bridgehead atoms. The minimum atomic E-state index is -3.32. The molecule has 2 aliphatic rings. The van der Waals surface area contributed by atoms with Crippen molar-refractivity contribution in [1.82, 2.24) is 14.3 Å². The maximum Gasteiger partial charge on any atom is 0.277 e. The molecule has 2 rings (SSSR count). The molecule has 1 heterocycles. The molecule has 2 fully saturated rings. The van der Waals surface area contributed by atoms with Crippen molar-refractivity contribution in [2.75, 3.05) is 19.6 Å². The summed E-state index contributed by atoms with van der Waals surface area (Å²) in [6, 6.07) is 0.428. The number of hydrogen-bond donors (Lipinski definition) is 2. The van der Waals surface area contributed by atoms with Crippen LogP contribution in [0.2, 0.25) is 0 Å². The van der Waals surface area contributed by atoms with E-state index >= 15 is 0 Å². The number of hydrogen-bond acceptors (Lipinski definition) is 3. The molecule has 106 valence electrons. The quantitative estimate of drug-likeness (QED) is 0.755. The zero-order chi connectivity index (χ0) is 13.0. The van der Waals surface area contributed by atoms with E-state index < -0.39 is 10.2 Å². The lowest BCUT2D eigenvalue weighted by molar-refractivity contribution is 0.259. The normalized spacial score (nSPS) is 24.7. The first-order chi connectivity index (χ1) is 8.57. The number of rotatable bonds is 6. The summed E-state index contributed by atoms with van der Waals surface area (Å²) in [4.78, 5) is 2.35. The molecular weight excluding hydrogens is 250 g/mol. The maximum absolute atomic E-state index is 11.9. The van der Waals surface area contributed by atoms with Crippen LogP contribution >= 0.6 is 0 Å². The zero-order valence-corrected chi connectivity index (χ0v) is 12.0. The molecule has 0 aromatic rings. The molecule has 0 amide bonds. The van der Waals surface area contributed by atoms with E-state index in [0.29, 0.717) is 6.54 Å². The fourth-order valence-corrected chi connectivity index (χ4v) is 4.07. The molecule has 1 saturated heterocycles. The molecule has 5 nitrogen and oxygen atoms in total. The van der Waals surface area contributed by atoms with Crippen LogP contribution in [-0.4, -0.2) is 45.0 Å². The third-order valence-corrected chi connectivity index (χ3v) is 5.20. The molecule has 1 aliphatic heterocycles. The monoisotopic (exact) mass is 275 g/mol. The van der Waals surface area contributed by atoms with E-state index in [-0.39, 0.29) is 12.1 Å². The predicted molar refractivity (Wildman–Crippen MR) is 72.6 cm³/mol. The molecular formula is C12H25N3O2S. The molecule has 0 spiro atoms. The van der Waals surface area contributed by atoms with E-state index in [1.54, 1.807) is 0 Å². The first-order valence-corrected chi connectivity index (χ1v) is 8.56. The van der Waals surface area contributed by atoms with Crippen LogP contribution < -0.4 is 9.44 Å². The van der Waals surface area contributed by atoms with Crippen LogP contribution in [-0.2, 0) is 10.2 Å². The van der Waals surface area contributed by atoms with Gasteiger partial charge in [0, 0.05) is 18.6 Å². The number of nitrogens with one attached hydrogen (secondary N) is 2. The van der Waals surface area contributed by atoms with Crippen molar-refractivity contribution < 1.29 is 8.42 Å². The van der Waals surface area contributed by atoms with Crippen LogP contribution in [0.4, 0.5) is 0 Å². The molecule has 1 unspecified atom stereocenters. The molecule has 1 aliphatic carbocycles. The average Bonchev–Trinajstić information content (AvgIpc) is 2.97. The predicted octanol–water partition coefficient (Wildman–Crippen LogP) is 0.837. The second-order valence-electron chi connectivity index (χ2n) is 5.54. The summed E-state index contributed by atoms with van der Waals surface area (Å²) in [6.45, 7) is 4.78. The minimum absolute atomic E-state index is 0.143. The Balaban J connectivity index is 1.73. The Morgan fingerprint density at radius 1 is 1.17 bits per heavy atom. The van der Waals surface area contributed by atoms with E-state index in [0.717, 1.165) is 38.8 Å². The van der Waals surface area contributed by atoms with Crippen molar-refractivity contribution in [2.45, 2.75) is 57.5 Å². The van der Waals surface area contributed by atoms with Crippen LogP contribution in [0.25, 0.3) is 0 Å². The SMILES string of the molecule is CC(CNS(=O)(=O)NC1CCCC1)N1CCCC1. The van der Waals surface area contributed by atoms with Gasteiger partial charge < -0.3 is 0 Å². The summed E-state index contributed by atoms with van der Waals surface area (Å²) < 4.78 is 29.2. The minimum Gasteiger partial charge on any atom is -0.299 e. The molecule has 1 saturated carbocycles. The van der Waals surface area contributed by atoms with Crippen molar-refractivity contribution in [3.63, 3.8) is 0 Å². The topological polar surface area (TPSA) is 61.4 Å². The van der Waals surface area contributed by atoms with Gasteiger partial charge in [-0.05, 0) is 45.7 Å². The van der Waals surface area contributed by atoms with E-state index in [2.05, 4.69) is 21.3 Å². The Morgan fingerprint density at radius 3 is 2.39 bits per heavy atom. The highest BCUT2D eigenvalue weighted by Crippen LogP contribution is 2.18. The lowest BCUT2D eigenvalue weighted by atomic mass is 10.3. The van der Waals surface area contributed by atoms with E-state index in [1.807, 2.05) is 0 Å². The smallest absolute Gasteiger partial charge is 0.277 e. The van der Waals surface area contributed by atoms with Gasteiger partial charge in [0.05, 0.1) is 0 Å². The second-order valence-corrected chi connectivity index (χ2v) is 7.07. The largest absolute Gasteiger partial charge is 0.299 e.